The van der Waals surface area contributed by atoms with Gasteiger partial charge in [0.25, 0.3) is 0 Å². The molecule has 1 aliphatic carbocycles. The molecule has 2 N–H and O–H groups in total. The summed E-state index contributed by atoms with van der Waals surface area (Å²) < 4.78 is 6.10. The zero-order valence-corrected chi connectivity index (χ0v) is 12.7. The van der Waals surface area contributed by atoms with E-state index in [1.54, 1.807) is 0 Å². The minimum absolute atomic E-state index is 0.162. The molecule has 2 atom stereocenters. The van der Waals surface area contributed by atoms with Crippen LogP contribution in [-0.2, 0) is 6.42 Å². The van der Waals surface area contributed by atoms with E-state index in [-0.39, 0.29) is 18.2 Å². The Labute approximate surface area is 122 Å². The van der Waals surface area contributed by atoms with Crippen molar-refractivity contribution in [3.05, 3.63) is 29.8 Å². The average Bonchev–Trinajstić information content (AvgIpc) is 2.50. The van der Waals surface area contributed by atoms with Crippen LogP contribution in [0, 0.1) is 0 Å². The van der Waals surface area contributed by atoms with Gasteiger partial charge in [-0.05, 0) is 50.4 Å². The highest BCUT2D eigenvalue weighted by Gasteiger charge is 2.35. The van der Waals surface area contributed by atoms with Crippen LogP contribution in [0.15, 0.2) is 24.3 Å². The number of aryl methyl sites for hydroxylation is 1. The van der Waals surface area contributed by atoms with Crippen LogP contribution < -0.4 is 10.1 Å². The zero-order valence-electron chi connectivity index (χ0n) is 12.7. The number of rotatable bonds is 6. The zero-order chi connectivity index (χ0) is 14.4. The van der Waals surface area contributed by atoms with E-state index in [1.807, 2.05) is 7.05 Å². The molecular weight excluding hydrogens is 250 g/mol. The van der Waals surface area contributed by atoms with Crippen molar-refractivity contribution in [3.8, 4) is 5.75 Å². The molecule has 0 radical (unpaired) electrons. The van der Waals surface area contributed by atoms with E-state index in [4.69, 9.17) is 4.74 Å². The van der Waals surface area contributed by atoms with Gasteiger partial charge in [0.2, 0.25) is 0 Å². The number of benzene rings is 1. The van der Waals surface area contributed by atoms with Crippen LogP contribution >= 0.6 is 0 Å². The van der Waals surface area contributed by atoms with E-state index < -0.39 is 0 Å². The Bertz CT molecular complexity index is 398. The molecule has 1 fully saturated rings. The van der Waals surface area contributed by atoms with Crippen LogP contribution in [0.5, 0.6) is 5.75 Å². The molecule has 1 saturated carbocycles. The van der Waals surface area contributed by atoms with E-state index >= 15 is 0 Å². The number of hydrogen-bond donors (Lipinski definition) is 2. The summed E-state index contributed by atoms with van der Waals surface area (Å²) in [6.07, 6.45) is 6.55. The number of ether oxygens (including phenoxy) is 1. The van der Waals surface area contributed by atoms with Crippen molar-refractivity contribution in [2.75, 3.05) is 13.7 Å². The normalized spacial score (nSPS) is 26.4. The smallest absolute Gasteiger partial charge is 0.119 e. The Morgan fingerprint density at radius 2 is 2.10 bits per heavy atom. The number of aliphatic hydroxyl groups excluding tert-OH is 1. The first-order valence-electron chi connectivity index (χ1n) is 7.77. The predicted octanol–water partition coefficient (Wildman–Crippen LogP) is 2.91. The predicted molar refractivity (Wildman–Crippen MR) is 82.2 cm³/mol. The van der Waals surface area contributed by atoms with Crippen molar-refractivity contribution in [1.82, 2.24) is 5.32 Å². The summed E-state index contributed by atoms with van der Waals surface area (Å²) in [5, 5.41) is 12.9. The van der Waals surface area contributed by atoms with Crippen LogP contribution in [0.1, 0.15) is 44.6 Å². The van der Waals surface area contributed by atoms with Gasteiger partial charge in [0.1, 0.15) is 11.9 Å². The fourth-order valence-corrected chi connectivity index (χ4v) is 3.07. The van der Waals surface area contributed by atoms with Crippen molar-refractivity contribution in [3.63, 3.8) is 0 Å². The second-order valence-electron chi connectivity index (χ2n) is 5.92. The van der Waals surface area contributed by atoms with Crippen molar-refractivity contribution in [2.45, 2.75) is 57.1 Å². The lowest BCUT2D eigenvalue weighted by atomic mass is 9.81. The van der Waals surface area contributed by atoms with Crippen molar-refractivity contribution < 1.29 is 9.84 Å². The molecule has 3 nitrogen and oxygen atoms in total. The third-order valence-corrected chi connectivity index (χ3v) is 4.40. The van der Waals surface area contributed by atoms with Gasteiger partial charge in [-0.1, -0.05) is 25.5 Å². The van der Waals surface area contributed by atoms with E-state index in [9.17, 15) is 5.11 Å². The van der Waals surface area contributed by atoms with Crippen LogP contribution in [0.3, 0.4) is 0 Å². The number of aliphatic hydroxyl groups is 1. The van der Waals surface area contributed by atoms with Crippen LogP contribution in [0.25, 0.3) is 0 Å². The minimum Gasteiger partial charge on any atom is -0.490 e. The minimum atomic E-state index is -0.162. The number of nitrogens with one attached hydrogen (secondary N) is 1. The molecule has 2 rings (SSSR count). The van der Waals surface area contributed by atoms with Crippen LogP contribution in [0.2, 0.25) is 0 Å². The Balaban J connectivity index is 1.95. The maximum absolute atomic E-state index is 9.60. The molecule has 112 valence electrons. The Morgan fingerprint density at radius 1 is 1.35 bits per heavy atom. The monoisotopic (exact) mass is 277 g/mol. The van der Waals surface area contributed by atoms with Crippen molar-refractivity contribution >= 4 is 0 Å². The Kier molecular flexibility index (Phi) is 5.44. The molecule has 0 spiro atoms. The van der Waals surface area contributed by atoms with Gasteiger partial charge in [0.05, 0.1) is 6.61 Å². The van der Waals surface area contributed by atoms with E-state index in [1.165, 1.54) is 12.0 Å². The Hall–Kier alpha value is -1.06. The fourth-order valence-electron chi connectivity index (χ4n) is 3.07. The maximum atomic E-state index is 9.60. The van der Waals surface area contributed by atoms with Crippen molar-refractivity contribution in [1.29, 1.82) is 0 Å². The molecule has 2 unspecified atom stereocenters. The average molecular weight is 277 g/mol. The summed E-state index contributed by atoms with van der Waals surface area (Å²) in [7, 11) is 1.93. The van der Waals surface area contributed by atoms with Gasteiger partial charge in [-0.15, -0.1) is 0 Å². The first kappa shape index (κ1) is 15.3. The largest absolute Gasteiger partial charge is 0.490 e. The molecular formula is C17H27NO2. The third kappa shape index (κ3) is 3.74. The second-order valence-corrected chi connectivity index (χ2v) is 5.92. The lowest BCUT2D eigenvalue weighted by Gasteiger charge is -2.39. The fraction of sp³-hybridized carbons (Fsp3) is 0.647. The molecule has 20 heavy (non-hydrogen) atoms. The first-order chi connectivity index (χ1) is 9.71. The SMILES string of the molecule is CCCc1ccc(OC2CCCC(CO)(NC)C2)cc1. The van der Waals surface area contributed by atoms with Crippen molar-refractivity contribution in [2.24, 2.45) is 0 Å². The lowest BCUT2D eigenvalue weighted by Crippen LogP contribution is -2.52. The first-order valence-corrected chi connectivity index (χ1v) is 7.77. The van der Waals surface area contributed by atoms with Gasteiger partial charge in [0.15, 0.2) is 0 Å². The molecule has 0 heterocycles. The van der Waals surface area contributed by atoms with Gasteiger partial charge in [-0.2, -0.15) is 0 Å². The summed E-state index contributed by atoms with van der Waals surface area (Å²) in [4.78, 5) is 0. The molecule has 0 saturated heterocycles. The van der Waals surface area contributed by atoms with E-state index in [0.29, 0.717) is 0 Å². The standard InChI is InChI=1S/C17H27NO2/c1-3-5-14-7-9-15(10-8-14)20-16-6-4-11-17(12-16,13-19)18-2/h7-10,16,18-19H,3-6,11-13H2,1-2H3. The van der Waals surface area contributed by atoms with Gasteiger partial charge in [0, 0.05) is 12.0 Å². The maximum Gasteiger partial charge on any atom is 0.119 e. The second kappa shape index (κ2) is 7.09. The third-order valence-electron chi connectivity index (χ3n) is 4.40. The van der Waals surface area contributed by atoms with Crippen LogP contribution in [0.4, 0.5) is 0 Å². The highest BCUT2D eigenvalue weighted by Crippen LogP contribution is 2.30. The van der Waals surface area contributed by atoms with E-state index in [0.717, 1.165) is 37.9 Å². The molecule has 0 amide bonds. The molecule has 0 bridgehead atoms. The quantitative estimate of drug-likeness (QED) is 0.840. The van der Waals surface area contributed by atoms with Gasteiger partial charge in [-0.3, -0.25) is 0 Å². The number of likely N-dealkylation sites (N-methyl/N-ethyl adjacent to an activating group) is 1. The van der Waals surface area contributed by atoms with Gasteiger partial charge in [-0.25, -0.2) is 0 Å². The lowest BCUT2D eigenvalue weighted by molar-refractivity contribution is 0.0554. The summed E-state index contributed by atoms with van der Waals surface area (Å²) in [6.45, 7) is 2.37. The topological polar surface area (TPSA) is 41.5 Å². The molecule has 1 aromatic rings. The molecule has 1 aromatic carbocycles. The summed E-state index contributed by atoms with van der Waals surface area (Å²) in [6, 6.07) is 8.44. The summed E-state index contributed by atoms with van der Waals surface area (Å²) in [5.41, 5.74) is 1.20. The molecule has 1 aliphatic rings. The molecule has 0 aliphatic heterocycles. The van der Waals surface area contributed by atoms with Gasteiger partial charge >= 0.3 is 0 Å². The van der Waals surface area contributed by atoms with E-state index in [2.05, 4.69) is 36.5 Å². The molecule has 0 aromatic heterocycles. The number of hydrogen-bond acceptors (Lipinski definition) is 3. The Morgan fingerprint density at radius 3 is 2.70 bits per heavy atom. The van der Waals surface area contributed by atoms with Gasteiger partial charge < -0.3 is 15.2 Å². The van der Waals surface area contributed by atoms with Crippen LogP contribution in [-0.4, -0.2) is 30.4 Å². The highest BCUT2D eigenvalue weighted by molar-refractivity contribution is 5.27. The summed E-state index contributed by atoms with van der Waals surface area (Å²) >= 11 is 0. The summed E-state index contributed by atoms with van der Waals surface area (Å²) in [5.74, 6) is 0.944. The highest BCUT2D eigenvalue weighted by atomic mass is 16.5. The molecule has 3 heteroatoms.